The maximum Gasteiger partial charge on any atom is 0.0732 e. The minimum Gasteiger partial charge on any atom is -0.350 e. The molecule has 2 nitrogen and oxygen atoms in total. The SMILES string of the molecule is CCCNC(C)CCCCSc1cc2ccccc2[nH]1. The first-order valence-corrected chi connectivity index (χ1v) is 8.72. The van der Waals surface area contributed by atoms with Crippen LogP contribution in [0, 0.1) is 0 Å². The van der Waals surface area contributed by atoms with Gasteiger partial charge in [0, 0.05) is 16.9 Å². The predicted octanol–water partition coefficient (Wildman–Crippen LogP) is 4.82. The molecule has 0 spiro atoms. The number of hydrogen-bond acceptors (Lipinski definition) is 2. The van der Waals surface area contributed by atoms with Crippen LogP contribution in [-0.2, 0) is 0 Å². The number of fused-ring (bicyclic) bond motifs is 1. The maximum absolute atomic E-state index is 3.55. The Labute approximate surface area is 126 Å². The van der Waals surface area contributed by atoms with Crippen molar-refractivity contribution in [3.8, 4) is 0 Å². The van der Waals surface area contributed by atoms with E-state index in [4.69, 9.17) is 0 Å². The Morgan fingerprint density at radius 2 is 2.10 bits per heavy atom. The van der Waals surface area contributed by atoms with Crippen LogP contribution >= 0.6 is 11.8 Å². The number of nitrogens with one attached hydrogen (secondary N) is 2. The van der Waals surface area contributed by atoms with Crippen molar-refractivity contribution < 1.29 is 0 Å². The summed E-state index contributed by atoms with van der Waals surface area (Å²) >= 11 is 1.94. The molecule has 2 rings (SSSR count). The number of para-hydroxylation sites is 1. The summed E-state index contributed by atoms with van der Waals surface area (Å²) in [5.74, 6) is 1.20. The molecule has 0 bridgehead atoms. The molecule has 1 heterocycles. The van der Waals surface area contributed by atoms with Crippen molar-refractivity contribution in [1.82, 2.24) is 10.3 Å². The van der Waals surface area contributed by atoms with Gasteiger partial charge in [-0.25, -0.2) is 0 Å². The quantitative estimate of drug-likeness (QED) is 0.512. The lowest BCUT2D eigenvalue weighted by Gasteiger charge is -2.12. The molecule has 1 unspecified atom stereocenters. The molecule has 20 heavy (non-hydrogen) atoms. The molecule has 110 valence electrons. The third-order valence-corrected chi connectivity index (χ3v) is 4.56. The summed E-state index contributed by atoms with van der Waals surface area (Å²) < 4.78 is 0. The summed E-state index contributed by atoms with van der Waals surface area (Å²) in [5, 5.41) is 6.15. The number of benzene rings is 1. The van der Waals surface area contributed by atoms with Crippen LogP contribution in [0.5, 0.6) is 0 Å². The number of aromatic nitrogens is 1. The largest absolute Gasteiger partial charge is 0.350 e. The summed E-state index contributed by atoms with van der Waals surface area (Å²) in [6.07, 6.45) is 5.11. The molecule has 3 heteroatoms. The zero-order chi connectivity index (χ0) is 14.2. The zero-order valence-electron chi connectivity index (χ0n) is 12.6. The van der Waals surface area contributed by atoms with Crippen LogP contribution in [0.2, 0.25) is 0 Å². The van der Waals surface area contributed by atoms with Gasteiger partial charge in [-0.05, 0) is 50.6 Å². The second-order valence-corrected chi connectivity index (χ2v) is 6.56. The molecule has 1 aromatic carbocycles. The maximum atomic E-state index is 3.55. The summed E-state index contributed by atoms with van der Waals surface area (Å²) in [6.45, 7) is 5.65. The van der Waals surface area contributed by atoms with Gasteiger partial charge in [0.1, 0.15) is 0 Å². The Kier molecular flexibility index (Phi) is 6.48. The van der Waals surface area contributed by atoms with Gasteiger partial charge in [0.25, 0.3) is 0 Å². The van der Waals surface area contributed by atoms with Crippen molar-refractivity contribution in [3.05, 3.63) is 30.3 Å². The van der Waals surface area contributed by atoms with Crippen molar-refractivity contribution in [3.63, 3.8) is 0 Å². The van der Waals surface area contributed by atoms with E-state index >= 15 is 0 Å². The van der Waals surface area contributed by atoms with Crippen molar-refractivity contribution in [1.29, 1.82) is 0 Å². The Hall–Kier alpha value is -0.930. The normalized spacial score (nSPS) is 12.9. The molecule has 0 aliphatic rings. The van der Waals surface area contributed by atoms with Crippen LogP contribution in [0.3, 0.4) is 0 Å². The summed E-state index contributed by atoms with van der Waals surface area (Å²) in [4.78, 5) is 3.47. The van der Waals surface area contributed by atoms with Crippen LogP contribution in [0.15, 0.2) is 35.4 Å². The highest BCUT2D eigenvalue weighted by molar-refractivity contribution is 7.99. The molecule has 2 aromatic rings. The van der Waals surface area contributed by atoms with E-state index in [0.29, 0.717) is 6.04 Å². The number of unbranched alkanes of at least 4 members (excludes halogenated alkanes) is 1. The lowest BCUT2D eigenvalue weighted by molar-refractivity contribution is 0.496. The molecule has 0 radical (unpaired) electrons. The summed E-state index contributed by atoms with van der Waals surface area (Å²) in [5.41, 5.74) is 1.24. The Morgan fingerprint density at radius 1 is 1.25 bits per heavy atom. The van der Waals surface area contributed by atoms with Gasteiger partial charge in [-0.2, -0.15) is 0 Å². The highest BCUT2D eigenvalue weighted by atomic mass is 32.2. The number of hydrogen-bond donors (Lipinski definition) is 2. The number of aromatic amines is 1. The molecule has 0 fully saturated rings. The van der Waals surface area contributed by atoms with E-state index in [2.05, 4.69) is 54.5 Å². The minimum atomic E-state index is 0.660. The first-order chi connectivity index (χ1) is 9.79. The van der Waals surface area contributed by atoms with E-state index in [9.17, 15) is 0 Å². The molecular formula is C17H26N2S. The Morgan fingerprint density at radius 3 is 2.90 bits per heavy atom. The van der Waals surface area contributed by atoms with Gasteiger partial charge < -0.3 is 10.3 Å². The molecule has 1 aromatic heterocycles. The molecule has 2 N–H and O–H groups in total. The molecule has 0 saturated carbocycles. The van der Waals surface area contributed by atoms with Gasteiger partial charge in [-0.3, -0.25) is 0 Å². The van der Waals surface area contributed by atoms with Crippen LogP contribution < -0.4 is 5.32 Å². The van der Waals surface area contributed by atoms with Crippen molar-refractivity contribution in [2.24, 2.45) is 0 Å². The first-order valence-electron chi connectivity index (χ1n) is 7.73. The minimum absolute atomic E-state index is 0.660. The lowest BCUT2D eigenvalue weighted by Crippen LogP contribution is -2.26. The van der Waals surface area contributed by atoms with Gasteiger partial charge in [0.2, 0.25) is 0 Å². The molecule has 0 aliphatic carbocycles. The molecule has 0 aliphatic heterocycles. The first kappa shape index (κ1) is 15.5. The smallest absolute Gasteiger partial charge is 0.0732 e. The second-order valence-electron chi connectivity index (χ2n) is 5.42. The second kappa shape index (κ2) is 8.38. The number of H-pyrrole nitrogens is 1. The van der Waals surface area contributed by atoms with E-state index in [-0.39, 0.29) is 0 Å². The fraction of sp³-hybridized carbons (Fsp3) is 0.529. The van der Waals surface area contributed by atoms with E-state index < -0.39 is 0 Å². The summed E-state index contributed by atoms with van der Waals surface area (Å²) in [6, 6.07) is 11.4. The topological polar surface area (TPSA) is 27.8 Å². The van der Waals surface area contributed by atoms with E-state index in [1.807, 2.05) is 11.8 Å². The van der Waals surface area contributed by atoms with Gasteiger partial charge in [0.05, 0.1) is 5.03 Å². The standard InChI is InChI=1S/C17H26N2S/c1-3-11-18-14(2)8-6-7-12-20-17-13-15-9-4-5-10-16(15)19-17/h4-5,9-10,13-14,18-19H,3,6-8,11-12H2,1-2H3. The van der Waals surface area contributed by atoms with Crippen molar-refractivity contribution >= 4 is 22.7 Å². The third-order valence-electron chi connectivity index (χ3n) is 3.54. The highest BCUT2D eigenvalue weighted by Crippen LogP contribution is 2.24. The molecule has 0 saturated heterocycles. The van der Waals surface area contributed by atoms with Crippen molar-refractivity contribution in [2.75, 3.05) is 12.3 Å². The highest BCUT2D eigenvalue weighted by Gasteiger charge is 2.02. The van der Waals surface area contributed by atoms with Crippen LogP contribution in [-0.4, -0.2) is 23.3 Å². The Bertz CT molecular complexity index is 473. The zero-order valence-corrected chi connectivity index (χ0v) is 13.4. The lowest BCUT2D eigenvalue weighted by atomic mass is 10.1. The average Bonchev–Trinajstić information content (AvgIpc) is 2.87. The number of thioether (sulfide) groups is 1. The van der Waals surface area contributed by atoms with Crippen LogP contribution in [0.25, 0.3) is 10.9 Å². The van der Waals surface area contributed by atoms with Gasteiger partial charge in [0.15, 0.2) is 0 Å². The number of rotatable bonds is 9. The fourth-order valence-corrected chi connectivity index (χ4v) is 3.31. The van der Waals surface area contributed by atoms with Gasteiger partial charge in [-0.15, -0.1) is 11.8 Å². The third kappa shape index (κ3) is 4.88. The molecule has 1 atom stereocenters. The molecular weight excluding hydrogens is 264 g/mol. The monoisotopic (exact) mass is 290 g/mol. The van der Waals surface area contributed by atoms with E-state index in [0.717, 1.165) is 6.54 Å². The van der Waals surface area contributed by atoms with Gasteiger partial charge in [-0.1, -0.05) is 31.5 Å². The Balaban J connectivity index is 1.63. The van der Waals surface area contributed by atoms with Crippen molar-refractivity contribution in [2.45, 2.75) is 50.6 Å². The van der Waals surface area contributed by atoms with Crippen LogP contribution in [0.4, 0.5) is 0 Å². The molecule has 0 amide bonds. The summed E-state index contributed by atoms with van der Waals surface area (Å²) in [7, 11) is 0. The van der Waals surface area contributed by atoms with Crippen LogP contribution in [0.1, 0.15) is 39.5 Å². The average molecular weight is 290 g/mol. The fourth-order valence-electron chi connectivity index (χ4n) is 2.35. The van der Waals surface area contributed by atoms with E-state index in [1.165, 1.54) is 47.4 Å². The predicted molar refractivity (Wildman–Crippen MR) is 90.6 cm³/mol. The van der Waals surface area contributed by atoms with Gasteiger partial charge >= 0.3 is 0 Å². The van der Waals surface area contributed by atoms with E-state index in [1.54, 1.807) is 0 Å².